The number of nitrogens with one attached hydrogen (secondary N) is 1. The van der Waals surface area contributed by atoms with Crippen molar-refractivity contribution in [3.8, 4) is 0 Å². The maximum atomic E-state index is 5.57. The first-order valence-electron chi connectivity index (χ1n) is 7.90. The highest BCUT2D eigenvalue weighted by molar-refractivity contribution is 7.80. The standard InChI is InChI=1S/C18H21N3S/c1-11-15-14(9-13-16(15)18(13,2)3)21(20-11)17(22)19-10-12-7-5-4-6-8-12/h4-8,13,16H,9-10H2,1-3H3,(H,19,22)/t13-,16-/m1/s1. The minimum absolute atomic E-state index is 0.449. The molecule has 0 spiro atoms. The van der Waals surface area contributed by atoms with Crippen molar-refractivity contribution in [3.63, 3.8) is 0 Å². The summed E-state index contributed by atoms with van der Waals surface area (Å²) in [5.41, 5.74) is 5.62. The van der Waals surface area contributed by atoms with E-state index in [1.807, 2.05) is 22.9 Å². The van der Waals surface area contributed by atoms with E-state index in [0.717, 1.165) is 24.6 Å². The zero-order valence-corrected chi connectivity index (χ0v) is 14.1. The van der Waals surface area contributed by atoms with Gasteiger partial charge in [0.15, 0.2) is 5.11 Å². The van der Waals surface area contributed by atoms with Gasteiger partial charge in [-0.3, -0.25) is 0 Å². The fraction of sp³-hybridized carbons (Fsp3) is 0.444. The van der Waals surface area contributed by atoms with E-state index in [-0.39, 0.29) is 0 Å². The van der Waals surface area contributed by atoms with E-state index in [2.05, 4.69) is 38.2 Å². The maximum absolute atomic E-state index is 5.57. The average molecular weight is 311 g/mol. The summed E-state index contributed by atoms with van der Waals surface area (Å²) in [6.45, 7) is 7.60. The van der Waals surface area contributed by atoms with Crippen LogP contribution in [0.2, 0.25) is 0 Å². The lowest BCUT2D eigenvalue weighted by atomic mass is 9.98. The van der Waals surface area contributed by atoms with Gasteiger partial charge in [0.2, 0.25) is 0 Å². The largest absolute Gasteiger partial charge is 0.357 e. The van der Waals surface area contributed by atoms with Crippen LogP contribution >= 0.6 is 12.2 Å². The summed E-state index contributed by atoms with van der Waals surface area (Å²) in [4.78, 5) is 0. The van der Waals surface area contributed by atoms with Crippen LogP contribution in [-0.4, -0.2) is 14.9 Å². The second-order valence-corrected chi connectivity index (χ2v) is 7.50. The van der Waals surface area contributed by atoms with E-state index >= 15 is 0 Å². The first-order valence-corrected chi connectivity index (χ1v) is 8.31. The number of nitrogens with zero attached hydrogens (tertiary/aromatic N) is 2. The number of rotatable bonds is 2. The molecule has 0 saturated heterocycles. The lowest BCUT2D eigenvalue weighted by Crippen LogP contribution is -2.30. The highest BCUT2D eigenvalue weighted by atomic mass is 32.1. The molecule has 2 aromatic rings. The molecule has 22 heavy (non-hydrogen) atoms. The molecule has 0 amide bonds. The molecule has 2 aliphatic rings. The molecule has 0 radical (unpaired) electrons. The molecule has 1 fully saturated rings. The molecule has 1 saturated carbocycles. The zero-order valence-electron chi connectivity index (χ0n) is 13.3. The molecule has 0 bridgehead atoms. The molecule has 1 heterocycles. The molecule has 2 aliphatic carbocycles. The van der Waals surface area contributed by atoms with Crippen molar-refractivity contribution in [3.05, 3.63) is 52.8 Å². The minimum atomic E-state index is 0.449. The molecule has 0 aliphatic heterocycles. The first kappa shape index (κ1) is 13.9. The number of fused-ring (bicyclic) bond motifs is 3. The smallest absolute Gasteiger partial charge is 0.194 e. The average Bonchev–Trinajstić information content (AvgIpc) is 2.86. The van der Waals surface area contributed by atoms with Crippen molar-refractivity contribution < 1.29 is 0 Å². The Bertz CT molecular complexity index is 745. The van der Waals surface area contributed by atoms with E-state index in [0.29, 0.717) is 16.4 Å². The van der Waals surface area contributed by atoms with Crippen molar-refractivity contribution in [1.29, 1.82) is 0 Å². The monoisotopic (exact) mass is 311 g/mol. The number of hydrogen-bond acceptors (Lipinski definition) is 2. The summed E-state index contributed by atoms with van der Waals surface area (Å²) in [7, 11) is 0. The van der Waals surface area contributed by atoms with E-state index in [1.54, 1.807) is 0 Å². The normalized spacial score (nSPS) is 23.8. The zero-order chi connectivity index (χ0) is 15.5. The summed E-state index contributed by atoms with van der Waals surface area (Å²) in [6.07, 6.45) is 1.11. The molecule has 2 atom stereocenters. The Morgan fingerprint density at radius 3 is 2.82 bits per heavy atom. The van der Waals surface area contributed by atoms with Gasteiger partial charge >= 0.3 is 0 Å². The third-order valence-electron chi connectivity index (χ3n) is 5.46. The van der Waals surface area contributed by atoms with Crippen LogP contribution in [0.25, 0.3) is 0 Å². The lowest BCUT2D eigenvalue weighted by Gasteiger charge is -2.13. The molecular weight excluding hydrogens is 290 g/mol. The summed E-state index contributed by atoms with van der Waals surface area (Å²) >= 11 is 5.57. The Kier molecular flexibility index (Phi) is 2.95. The lowest BCUT2D eigenvalue weighted by molar-refractivity contribution is 0.533. The minimum Gasteiger partial charge on any atom is -0.357 e. The van der Waals surface area contributed by atoms with Crippen LogP contribution in [0.15, 0.2) is 30.3 Å². The van der Waals surface area contributed by atoms with Gasteiger partial charge in [-0.1, -0.05) is 44.2 Å². The van der Waals surface area contributed by atoms with Gasteiger partial charge in [-0.25, -0.2) is 4.68 Å². The third-order valence-corrected chi connectivity index (χ3v) is 5.78. The Morgan fingerprint density at radius 1 is 1.36 bits per heavy atom. The van der Waals surface area contributed by atoms with Gasteiger partial charge in [-0.2, -0.15) is 5.10 Å². The number of aryl methyl sites for hydroxylation is 1. The van der Waals surface area contributed by atoms with Crippen molar-refractivity contribution >= 4 is 17.3 Å². The molecule has 114 valence electrons. The maximum Gasteiger partial charge on any atom is 0.194 e. The van der Waals surface area contributed by atoms with E-state index < -0.39 is 0 Å². The second-order valence-electron chi connectivity index (χ2n) is 7.11. The van der Waals surface area contributed by atoms with Crippen LogP contribution in [0.1, 0.15) is 42.3 Å². The predicted octanol–water partition coefficient (Wildman–Crippen LogP) is 3.41. The molecule has 3 nitrogen and oxygen atoms in total. The summed E-state index contributed by atoms with van der Waals surface area (Å²) in [5, 5.41) is 8.76. The highest BCUT2D eigenvalue weighted by Crippen LogP contribution is 2.70. The molecule has 4 heteroatoms. The second kappa shape index (κ2) is 4.66. The molecular formula is C18H21N3S. The Hall–Kier alpha value is -1.68. The van der Waals surface area contributed by atoms with E-state index in [1.165, 1.54) is 16.8 Å². The molecule has 1 aromatic heterocycles. The van der Waals surface area contributed by atoms with Gasteiger partial charge in [0.05, 0.1) is 11.4 Å². The SMILES string of the molecule is Cc1nn(C(=S)NCc2ccccc2)c2c1[C@H]1[C@@H](C2)C1(C)C. The predicted molar refractivity (Wildman–Crippen MR) is 92.0 cm³/mol. The third kappa shape index (κ3) is 1.93. The molecule has 4 rings (SSSR count). The molecule has 1 N–H and O–H groups in total. The Balaban J connectivity index is 1.54. The fourth-order valence-corrected chi connectivity index (χ4v) is 4.33. The van der Waals surface area contributed by atoms with Gasteiger partial charge in [-0.05, 0) is 48.4 Å². The summed E-state index contributed by atoms with van der Waals surface area (Å²) < 4.78 is 1.96. The van der Waals surface area contributed by atoms with Crippen LogP contribution in [0.5, 0.6) is 0 Å². The van der Waals surface area contributed by atoms with Crippen molar-refractivity contribution in [1.82, 2.24) is 15.1 Å². The Labute approximate surface area is 136 Å². The van der Waals surface area contributed by atoms with E-state index in [9.17, 15) is 0 Å². The van der Waals surface area contributed by atoms with Gasteiger partial charge in [0.1, 0.15) is 0 Å². The van der Waals surface area contributed by atoms with Crippen LogP contribution < -0.4 is 5.32 Å². The van der Waals surface area contributed by atoms with Gasteiger partial charge in [0, 0.05) is 12.1 Å². The number of aromatic nitrogens is 2. The number of hydrogen-bond donors (Lipinski definition) is 1. The summed E-state index contributed by atoms with van der Waals surface area (Å²) in [6, 6.07) is 10.3. The first-order chi connectivity index (χ1) is 10.5. The Morgan fingerprint density at radius 2 is 2.09 bits per heavy atom. The molecule has 0 unspecified atom stereocenters. The highest BCUT2D eigenvalue weighted by Gasteiger charge is 2.63. The topological polar surface area (TPSA) is 29.9 Å². The fourth-order valence-electron chi connectivity index (χ4n) is 4.11. The van der Waals surface area contributed by atoms with Crippen LogP contribution in [0.3, 0.4) is 0 Å². The van der Waals surface area contributed by atoms with Crippen molar-refractivity contribution in [2.45, 2.75) is 39.7 Å². The van der Waals surface area contributed by atoms with Crippen molar-refractivity contribution in [2.24, 2.45) is 11.3 Å². The van der Waals surface area contributed by atoms with Gasteiger partial charge in [0.25, 0.3) is 0 Å². The number of benzene rings is 1. The van der Waals surface area contributed by atoms with Gasteiger partial charge < -0.3 is 5.32 Å². The van der Waals surface area contributed by atoms with Crippen LogP contribution in [0, 0.1) is 18.3 Å². The van der Waals surface area contributed by atoms with Crippen molar-refractivity contribution in [2.75, 3.05) is 0 Å². The molecule has 1 aromatic carbocycles. The van der Waals surface area contributed by atoms with E-state index in [4.69, 9.17) is 17.3 Å². The summed E-state index contributed by atoms with van der Waals surface area (Å²) in [5.74, 6) is 1.47. The van der Waals surface area contributed by atoms with Crippen LogP contribution in [0.4, 0.5) is 0 Å². The van der Waals surface area contributed by atoms with Crippen LogP contribution in [-0.2, 0) is 13.0 Å². The quantitative estimate of drug-likeness (QED) is 0.862. The number of thiocarbonyl (C=S) groups is 1. The van der Waals surface area contributed by atoms with Gasteiger partial charge in [-0.15, -0.1) is 0 Å².